The van der Waals surface area contributed by atoms with Gasteiger partial charge in [-0.25, -0.2) is 0 Å². The van der Waals surface area contributed by atoms with E-state index in [1.807, 2.05) is 6.92 Å². The van der Waals surface area contributed by atoms with Crippen molar-refractivity contribution in [2.75, 3.05) is 45.9 Å². The number of ether oxygens (including phenoxy) is 1. The lowest BCUT2D eigenvalue weighted by molar-refractivity contribution is -0.135. The van der Waals surface area contributed by atoms with Gasteiger partial charge >= 0.3 is 0 Å². The molecule has 5 nitrogen and oxygen atoms in total. The minimum absolute atomic E-state index is 0.0114. The van der Waals surface area contributed by atoms with Crippen molar-refractivity contribution in [2.24, 2.45) is 0 Å². The van der Waals surface area contributed by atoms with Gasteiger partial charge in [0.1, 0.15) is 6.61 Å². The molecule has 1 amide bonds. The van der Waals surface area contributed by atoms with Crippen LogP contribution in [-0.2, 0) is 9.53 Å². The lowest BCUT2D eigenvalue weighted by Gasteiger charge is -2.38. The summed E-state index contributed by atoms with van der Waals surface area (Å²) >= 11 is 0. The molecular formula is C13H27N3O2. The molecule has 1 fully saturated rings. The van der Waals surface area contributed by atoms with Gasteiger partial charge in [0.2, 0.25) is 5.91 Å². The van der Waals surface area contributed by atoms with Crippen molar-refractivity contribution in [3.63, 3.8) is 0 Å². The van der Waals surface area contributed by atoms with Crippen LogP contribution in [0.2, 0.25) is 0 Å². The van der Waals surface area contributed by atoms with E-state index in [4.69, 9.17) is 4.74 Å². The SMILES string of the molecule is CCN(CC)CCCNC(=O)COC1(C)CNC1. The van der Waals surface area contributed by atoms with Crippen LogP contribution in [0, 0.1) is 0 Å². The molecular weight excluding hydrogens is 230 g/mol. The molecule has 0 atom stereocenters. The third-order valence-corrected chi connectivity index (χ3v) is 3.42. The number of nitrogens with zero attached hydrogens (tertiary/aromatic N) is 1. The van der Waals surface area contributed by atoms with Gasteiger partial charge in [0, 0.05) is 19.6 Å². The number of rotatable bonds is 9. The molecule has 1 saturated heterocycles. The number of carbonyl (C=O) groups is 1. The standard InChI is InChI=1S/C13H27N3O2/c1-4-16(5-2)8-6-7-15-12(17)9-18-13(3)10-14-11-13/h14H,4-11H2,1-3H3,(H,15,17). The van der Waals surface area contributed by atoms with Gasteiger partial charge in [-0.3, -0.25) is 4.79 Å². The van der Waals surface area contributed by atoms with Crippen LogP contribution in [-0.4, -0.2) is 62.3 Å². The summed E-state index contributed by atoms with van der Waals surface area (Å²) in [5.74, 6) is -0.0114. The van der Waals surface area contributed by atoms with Gasteiger partial charge in [-0.15, -0.1) is 0 Å². The highest BCUT2D eigenvalue weighted by molar-refractivity contribution is 5.77. The van der Waals surface area contributed by atoms with Crippen molar-refractivity contribution < 1.29 is 9.53 Å². The first-order chi connectivity index (χ1) is 8.59. The molecule has 0 radical (unpaired) electrons. The van der Waals surface area contributed by atoms with Crippen LogP contribution >= 0.6 is 0 Å². The normalized spacial score (nSPS) is 17.6. The molecule has 1 aliphatic heterocycles. The maximum Gasteiger partial charge on any atom is 0.246 e. The first-order valence-electron chi connectivity index (χ1n) is 6.93. The van der Waals surface area contributed by atoms with Gasteiger partial charge in [-0.2, -0.15) is 0 Å². The van der Waals surface area contributed by atoms with Gasteiger partial charge in [-0.05, 0) is 33.0 Å². The van der Waals surface area contributed by atoms with E-state index < -0.39 is 0 Å². The lowest BCUT2D eigenvalue weighted by Crippen LogP contribution is -2.59. The number of carbonyl (C=O) groups excluding carboxylic acids is 1. The van der Waals surface area contributed by atoms with E-state index in [9.17, 15) is 4.79 Å². The summed E-state index contributed by atoms with van der Waals surface area (Å²) < 4.78 is 5.56. The van der Waals surface area contributed by atoms with Gasteiger partial charge in [0.05, 0.1) is 5.60 Å². The molecule has 18 heavy (non-hydrogen) atoms. The summed E-state index contributed by atoms with van der Waals surface area (Å²) in [6, 6.07) is 0. The van der Waals surface area contributed by atoms with E-state index in [-0.39, 0.29) is 18.1 Å². The van der Waals surface area contributed by atoms with Crippen LogP contribution in [0.25, 0.3) is 0 Å². The smallest absolute Gasteiger partial charge is 0.246 e. The van der Waals surface area contributed by atoms with E-state index in [2.05, 4.69) is 29.4 Å². The molecule has 0 aromatic carbocycles. The topological polar surface area (TPSA) is 53.6 Å². The molecule has 0 unspecified atom stereocenters. The zero-order valence-electron chi connectivity index (χ0n) is 11.9. The molecule has 1 rings (SSSR count). The van der Waals surface area contributed by atoms with Crippen molar-refractivity contribution in [3.8, 4) is 0 Å². The molecule has 0 bridgehead atoms. The van der Waals surface area contributed by atoms with Crippen molar-refractivity contribution in [3.05, 3.63) is 0 Å². The monoisotopic (exact) mass is 257 g/mol. The molecule has 0 saturated carbocycles. The third-order valence-electron chi connectivity index (χ3n) is 3.42. The van der Waals surface area contributed by atoms with Gasteiger partial charge in [0.15, 0.2) is 0 Å². The Morgan fingerprint density at radius 1 is 1.39 bits per heavy atom. The average Bonchev–Trinajstić information content (AvgIpc) is 2.34. The Morgan fingerprint density at radius 3 is 2.56 bits per heavy atom. The molecule has 2 N–H and O–H groups in total. The minimum Gasteiger partial charge on any atom is -0.363 e. The van der Waals surface area contributed by atoms with Crippen molar-refractivity contribution in [2.45, 2.75) is 32.8 Å². The summed E-state index contributed by atoms with van der Waals surface area (Å²) in [7, 11) is 0. The van der Waals surface area contributed by atoms with Crippen LogP contribution in [0.5, 0.6) is 0 Å². The second-order valence-corrected chi connectivity index (χ2v) is 5.07. The summed E-state index contributed by atoms with van der Waals surface area (Å²) in [4.78, 5) is 13.9. The Labute approximate surface area is 110 Å². The van der Waals surface area contributed by atoms with Crippen LogP contribution in [0.4, 0.5) is 0 Å². The molecule has 0 spiro atoms. The summed E-state index contributed by atoms with van der Waals surface area (Å²) in [6.45, 7) is 12.1. The maximum atomic E-state index is 11.5. The van der Waals surface area contributed by atoms with E-state index in [0.717, 1.165) is 45.7 Å². The number of hydrogen-bond acceptors (Lipinski definition) is 4. The second kappa shape index (κ2) is 7.71. The average molecular weight is 257 g/mol. The van der Waals surface area contributed by atoms with Crippen molar-refractivity contribution >= 4 is 5.91 Å². The Hall–Kier alpha value is -0.650. The highest BCUT2D eigenvalue weighted by Crippen LogP contribution is 2.14. The zero-order chi connectivity index (χ0) is 13.4. The predicted octanol–water partition coefficient (Wildman–Crippen LogP) is 0.213. The predicted molar refractivity (Wildman–Crippen MR) is 72.6 cm³/mol. The molecule has 0 aromatic heterocycles. The fourth-order valence-electron chi connectivity index (χ4n) is 1.94. The van der Waals surface area contributed by atoms with Gasteiger partial charge in [-0.1, -0.05) is 13.8 Å². The third kappa shape index (κ3) is 5.33. The highest BCUT2D eigenvalue weighted by Gasteiger charge is 2.32. The van der Waals surface area contributed by atoms with Gasteiger partial charge < -0.3 is 20.3 Å². The lowest BCUT2D eigenvalue weighted by atomic mass is 10.0. The fourth-order valence-corrected chi connectivity index (χ4v) is 1.94. The van der Waals surface area contributed by atoms with Crippen molar-refractivity contribution in [1.82, 2.24) is 15.5 Å². The Kier molecular flexibility index (Phi) is 6.60. The summed E-state index contributed by atoms with van der Waals surface area (Å²) in [5, 5.41) is 6.04. The maximum absolute atomic E-state index is 11.5. The quantitative estimate of drug-likeness (QED) is 0.580. The molecule has 0 aliphatic carbocycles. The molecule has 1 aliphatic rings. The first kappa shape index (κ1) is 15.4. The Bertz CT molecular complexity index is 251. The second-order valence-electron chi connectivity index (χ2n) is 5.07. The minimum atomic E-state index is -0.140. The molecule has 0 aromatic rings. The Balaban J connectivity index is 1.99. The van der Waals surface area contributed by atoms with E-state index in [1.54, 1.807) is 0 Å². The van der Waals surface area contributed by atoms with E-state index >= 15 is 0 Å². The first-order valence-corrected chi connectivity index (χ1v) is 6.93. The number of hydrogen-bond donors (Lipinski definition) is 2. The van der Waals surface area contributed by atoms with Crippen LogP contribution in [0.3, 0.4) is 0 Å². The van der Waals surface area contributed by atoms with Gasteiger partial charge in [0.25, 0.3) is 0 Å². The van der Waals surface area contributed by atoms with Crippen LogP contribution in [0.15, 0.2) is 0 Å². The van der Waals surface area contributed by atoms with E-state index in [1.165, 1.54) is 0 Å². The Morgan fingerprint density at radius 2 is 2.06 bits per heavy atom. The summed E-state index contributed by atoms with van der Waals surface area (Å²) in [5.41, 5.74) is -0.140. The molecule has 5 heteroatoms. The molecule has 1 heterocycles. The highest BCUT2D eigenvalue weighted by atomic mass is 16.5. The van der Waals surface area contributed by atoms with Crippen LogP contribution in [0.1, 0.15) is 27.2 Å². The van der Waals surface area contributed by atoms with Crippen LogP contribution < -0.4 is 10.6 Å². The fraction of sp³-hybridized carbons (Fsp3) is 0.923. The van der Waals surface area contributed by atoms with Crippen molar-refractivity contribution in [1.29, 1.82) is 0 Å². The zero-order valence-corrected chi connectivity index (χ0v) is 11.9. The van der Waals surface area contributed by atoms with E-state index in [0.29, 0.717) is 0 Å². The molecule has 106 valence electrons. The number of nitrogens with one attached hydrogen (secondary N) is 2. The number of amides is 1. The largest absolute Gasteiger partial charge is 0.363 e. The summed E-state index contributed by atoms with van der Waals surface area (Å²) in [6.07, 6.45) is 0.992.